The van der Waals surface area contributed by atoms with E-state index in [0.29, 0.717) is 11.8 Å². The third-order valence-corrected chi connectivity index (χ3v) is 8.05. The highest BCUT2D eigenvalue weighted by Gasteiger charge is 2.21. The standard InChI is InChI=1S/C37H40ClN3/c1-23(2)30-15-11-16-31(24(3)4)37(30)41-34(22-27-12-8-7-9-13-27)32-19-18-28-14-10-17-33(36(28)39-32)40-35-25(5)20-29(38)21-26(35)6/h7-21,23-24,34,40-41H,22H2,1-6H3. The highest BCUT2D eigenvalue weighted by Crippen LogP contribution is 2.37. The maximum Gasteiger partial charge on any atom is 0.0940 e. The van der Waals surface area contributed by atoms with Gasteiger partial charge >= 0.3 is 0 Å². The number of para-hydroxylation sites is 2. The van der Waals surface area contributed by atoms with E-state index in [1.807, 2.05) is 12.1 Å². The zero-order valence-corrected chi connectivity index (χ0v) is 25.7. The van der Waals surface area contributed by atoms with E-state index in [-0.39, 0.29) is 6.04 Å². The molecule has 0 saturated heterocycles. The van der Waals surface area contributed by atoms with Gasteiger partial charge in [-0.15, -0.1) is 0 Å². The fourth-order valence-corrected chi connectivity index (χ4v) is 6.00. The second-order valence-electron chi connectivity index (χ2n) is 11.7. The Hall–Kier alpha value is -3.82. The average Bonchev–Trinajstić information content (AvgIpc) is 2.94. The molecular weight excluding hydrogens is 522 g/mol. The number of aryl methyl sites for hydroxylation is 2. The van der Waals surface area contributed by atoms with E-state index in [1.165, 1.54) is 22.4 Å². The third kappa shape index (κ3) is 6.41. The van der Waals surface area contributed by atoms with Crippen molar-refractivity contribution in [3.8, 4) is 0 Å². The first kappa shape index (κ1) is 28.7. The summed E-state index contributed by atoms with van der Waals surface area (Å²) >= 11 is 6.32. The maximum atomic E-state index is 6.32. The molecule has 4 aromatic carbocycles. The molecule has 2 N–H and O–H groups in total. The fraction of sp³-hybridized carbons (Fsp3) is 0.270. The maximum absolute atomic E-state index is 6.32. The van der Waals surface area contributed by atoms with E-state index < -0.39 is 0 Å². The number of anilines is 3. The van der Waals surface area contributed by atoms with Crippen LogP contribution in [0.15, 0.2) is 91.0 Å². The van der Waals surface area contributed by atoms with Gasteiger partial charge in [0.25, 0.3) is 0 Å². The van der Waals surface area contributed by atoms with E-state index in [0.717, 1.165) is 50.5 Å². The lowest BCUT2D eigenvalue weighted by Gasteiger charge is -2.27. The predicted octanol–water partition coefficient (Wildman–Crippen LogP) is 10.9. The van der Waals surface area contributed by atoms with Gasteiger partial charge in [0.1, 0.15) is 0 Å². The molecule has 0 aliphatic heterocycles. The molecule has 41 heavy (non-hydrogen) atoms. The molecule has 5 rings (SSSR count). The molecule has 1 heterocycles. The van der Waals surface area contributed by atoms with Crippen molar-refractivity contribution in [2.75, 3.05) is 10.6 Å². The van der Waals surface area contributed by atoms with Gasteiger partial charge < -0.3 is 10.6 Å². The normalized spacial score (nSPS) is 12.2. The van der Waals surface area contributed by atoms with Crippen LogP contribution < -0.4 is 10.6 Å². The number of nitrogens with one attached hydrogen (secondary N) is 2. The fourth-order valence-electron chi connectivity index (χ4n) is 5.67. The Bertz CT molecular complexity index is 1610. The summed E-state index contributed by atoms with van der Waals surface area (Å²) in [5.74, 6) is 0.805. The quantitative estimate of drug-likeness (QED) is 0.188. The van der Waals surface area contributed by atoms with Gasteiger partial charge in [-0.05, 0) is 84.2 Å². The van der Waals surface area contributed by atoms with Crippen LogP contribution in [0.25, 0.3) is 10.9 Å². The minimum Gasteiger partial charge on any atom is -0.376 e. The number of benzene rings is 4. The van der Waals surface area contributed by atoms with Crippen LogP contribution in [-0.4, -0.2) is 4.98 Å². The van der Waals surface area contributed by atoms with Gasteiger partial charge in [0.05, 0.1) is 22.9 Å². The topological polar surface area (TPSA) is 37.0 Å². The van der Waals surface area contributed by atoms with Gasteiger partial charge in [-0.1, -0.05) is 106 Å². The first-order valence-corrected chi connectivity index (χ1v) is 15.0. The lowest BCUT2D eigenvalue weighted by atomic mass is 9.91. The predicted molar refractivity (Wildman–Crippen MR) is 177 cm³/mol. The number of hydrogen-bond donors (Lipinski definition) is 2. The number of hydrogen-bond acceptors (Lipinski definition) is 3. The van der Waals surface area contributed by atoms with Gasteiger partial charge in [-0.2, -0.15) is 0 Å². The number of pyridine rings is 1. The molecule has 1 atom stereocenters. The van der Waals surface area contributed by atoms with Gasteiger partial charge in [0.2, 0.25) is 0 Å². The molecular formula is C37H40ClN3. The summed E-state index contributed by atoms with van der Waals surface area (Å²) in [7, 11) is 0. The number of halogens is 1. The molecule has 0 radical (unpaired) electrons. The Balaban J connectivity index is 1.61. The number of nitrogens with zero attached hydrogens (tertiary/aromatic N) is 1. The Morgan fingerprint density at radius 1 is 0.707 bits per heavy atom. The van der Waals surface area contributed by atoms with Crippen molar-refractivity contribution < 1.29 is 0 Å². The lowest BCUT2D eigenvalue weighted by molar-refractivity contribution is 0.737. The largest absolute Gasteiger partial charge is 0.376 e. The van der Waals surface area contributed by atoms with Crippen LogP contribution in [0.4, 0.5) is 17.1 Å². The summed E-state index contributed by atoms with van der Waals surface area (Å²) < 4.78 is 0. The van der Waals surface area contributed by atoms with E-state index in [1.54, 1.807) is 0 Å². The second kappa shape index (κ2) is 12.4. The van der Waals surface area contributed by atoms with Crippen LogP contribution in [0.1, 0.15) is 79.1 Å². The zero-order chi connectivity index (χ0) is 29.1. The van der Waals surface area contributed by atoms with Crippen molar-refractivity contribution in [3.63, 3.8) is 0 Å². The molecule has 0 spiro atoms. The Kier molecular flexibility index (Phi) is 8.65. The van der Waals surface area contributed by atoms with Crippen molar-refractivity contribution in [2.24, 2.45) is 0 Å². The third-order valence-electron chi connectivity index (χ3n) is 7.83. The molecule has 0 aliphatic rings. The monoisotopic (exact) mass is 561 g/mol. The molecule has 4 heteroatoms. The van der Waals surface area contributed by atoms with Crippen molar-refractivity contribution in [1.82, 2.24) is 4.98 Å². The molecule has 1 unspecified atom stereocenters. The van der Waals surface area contributed by atoms with Crippen LogP contribution in [0.5, 0.6) is 0 Å². The Morgan fingerprint density at radius 2 is 1.34 bits per heavy atom. The summed E-state index contributed by atoms with van der Waals surface area (Å²) in [5.41, 5.74) is 11.4. The van der Waals surface area contributed by atoms with Crippen LogP contribution in [0, 0.1) is 13.8 Å². The summed E-state index contributed by atoms with van der Waals surface area (Å²) in [5, 5.41) is 9.54. The minimum atomic E-state index is -0.00809. The molecule has 0 amide bonds. The van der Waals surface area contributed by atoms with Crippen molar-refractivity contribution in [1.29, 1.82) is 0 Å². The highest BCUT2D eigenvalue weighted by molar-refractivity contribution is 6.30. The van der Waals surface area contributed by atoms with Crippen molar-refractivity contribution >= 4 is 39.6 Å². The van der Waals surface area contributed by atoms with E-state index in [9.17, 15) is 0 Å². The van der Waals surface area contributed by atoms with Crippen molar-refractivity contribution in [2.45, 2.75) is 65.8 Å². The highest BCUT2D eigenvalue weighted by atomic mass is 35.5. The number of fused-ring (bicyclic) bond motifs is 1. The van der Waals surface area contributed by atoms with Gasteiger partial charge in [-0.3, -0.25) is 0 Å². The van der Waals surface area contributed by atoms with E-state index in [2.05, 4.69) is 131 Å². The minimum absolute atomic E-state index is 0.00809. The van der Waals surface area contributed by atoms with Crippen molar-refractivity contribution in [3.05, 3.63) is 130 Å². The molecule has 0 bridgehead atoms. The molecule has 0 fully saturated rings. The van der Waals surface area contributed by atoms with Crippen LogP contribution in [-0.2, 0) is 6.42 Å². The average molecular weight is 562 g/mol. The molecule has 5 aromatic rings. The summed E-state index contributed by atoms with van der Waals surface area (Å²) in [6.45, 7) is 13.2. The van der Waals surface area contributed by atoms with E-state index in [4.69, 9.17) is 16.6 Å². The zero-order valence-electron chi connectivity index (χ0n) is 24.9. The number of rotatable bonds is 9. The molecule has 210 valence electrons. The van der Waals surface area contributed by atoms with E-state index >= 15 is 0 Å². The lowest BCUT2D eigenvalue weighted by Crippen LogP contribution is -2.18. The molecule has 3 nitrogen and oxygen atoms in total. The molecule has 1 aromatic heterocycles. The van der Waals surface area contributed by atoms with Crippen LogP contribution in [0.3, 0.4) is 0 Å². The molecule has 0 saturated carbocycles. The first-order valence-electron chi connectivity index (χ1n) is 14.6. The van der Waals surface area contributed by atoms with Gasteiger partial charge in [0, 0.05) is 21.8 Å². The second-order valence-corrected chi connectivity index (χ2v) is 12.1. The first-order chi connectivity index (χ1) is 19.7. The smallest absolute Gasteiger partial charge is 0.0940 e. The Morgan fingerprint density at radius 3 is 1.98 bits per heavy atom. The summed E-state index contributed by atoms with van der Waals surface area (Å²) in [6, 6.07) is 32.1. The molecule has 0 aliphatic carbocycles. The van der Waals surface area contributed by atoms with Crippen LogP contribution in [0.2, 0.25) is 5.02 Å². The van der Waals surface area contributed by atoms with Gasteiger partial charge in [0.15, 0.2) is 0 Å². The number of aromatic nitrogens is 1. The summed E-state index contributed by atoms with van der Waals surface area (Å²) in [4.78, 5) is 5.34. The summed E-state index contributed by atoms with van der Waals surface area (Å²) in [6.07, 6.45) is 0.828. The SMILES string of the molecule is Cc1cc(Cl)cc(C)c1Nc1cccc2ccc(C(Cc3ccccc3)Nc3c(C(C)C)cccc3C(C)C)nc12. The Labute approximate surface area is 250 Å². The van der Waals surface area contributed by atoms with Crippen LogP contribution >= 0.6 is 11.6 Å². The van der Waals surface area contributed by atoms with Gasteiger partial charge in [-0.25, -0.2) is 4.98 Å².